The largest absolute Gasteiger partial charge is 0.481 e. The van der Waals surface area contributed by atoms with Gasteiger partial charge in [0.1, 0.15) is 5.75 Å². The standard InChI is InChI=1S/C19H21N3O5/c1-12(27-14-5-6-16-17(10-14)26-11-25-16)19(24)20-7-8-22-18(23)9-13-3-2-4-15(13)21-22/h5-6,9-10,12H,2-4,7-8,11H2,1H3,(H,20,24)/t12-/m1/s1. The Morgan fingerprint density at radius 3 is 3.04 bits per heavy atom. The normalized spacial score (nSPS) is 15.3. The predicted molar refractivity (Wildman–Crippen MR) is 96.2 cm³/mol. The first-order chi connectivity index (χ1) is 13.1. The van der Waals surface area contributed by atoms with E-state index in [-0.39, 0.29) is 18.3 Å². The zero-order chi connectivity index (χ0) is 18.8. The van der Waals surface area contributed by atoms with Crippen molar-refractivity contribution in [3.63, 3.8) is 0 Å². The van der Waals surface area contributed by atoms with E-state index in [0.717, 1.165) is 30.5 Å². The highest BCUT2D eigenvalue weighted by molar-refractivity contribution is 5.80. The highest BCUT2D eigenvalue weighted by Gasteiger charge is 2.18. The van der Waals surface area contributed by atoms with Crippen LogP contribution in [0.4, 0.5) is 0 Å². The summed E-state index contributed by atoms with van der Waals surface area (Å²) in [6.45, 7) is 2.48. The van der Waals surface area contributed by atoms with Crippen molar-refractivity contribution in [2.75, 3.05) is 13.3 Å². The minimum atomic E-state index is -0.685. The Balaban J connectivity index is 1.30. The van der Waals surface area contributed by atoms with Crippen LogP contribution < -0.4 is 25.1 Å². The molecule has 0 unspecified atom stereocenters. The van der Waals surface area contributed by atoms with Crippen molar-refractivity contribution >= 4 is 5.91 Å². The summed E-state index contributed by atoms with van der Waals surface area (Å²) in [5.41, 5.74) is 1.90. The number of fused-ring (bicyclic) bond motifs is 2. The number of hydrogen-bond donors (Lipinski definition) is 1. The van der Waals surface area contributed by atoms with Crippen LogP contribution in [-0.4, -0.2) is 35.1 Å². The molecule has 1 aromatic heterocycles. The van der Waals surface area contributed by atoms with Crippen LogP contribution in [-0.2, 0) is 24.2 Å². The quantitative estimate of drug-likeness (QED) is 0.816. The zero-order valence-electron chi connectivity index (χ0n) is 15.1. The molecule has 0 saturated carbocycles. The number of ether oxygens (including phenoxy) is 3. The molecule has 2 heterocycles. The van der Waals surface area contributed by atoms with Crippen LogP contribution in [0.3, 0.4) is 0 Å². The number of aryl methyl sites for hydroxylation is 2. The molecule has 0 saturated heterocycles. The monoisotopic (exact) mass is 371 g/mol. The van der Waals surface area contributed by atoms with Gasteiger partial charge in [-0.2, -0.15) is 5.10 Å². The van der Waals surface area contributed by atoms with E-state index in [0.29, 0.717) is 30.3 Å². The molecule has 142 valence electrons. The third kappa shape index (κ3) is 3.74. The Bertz CT molecular complexity index is 924. The molecule has 0 spiro atoms. The average molecular weight is 371 g/mol. The van der Waals surface area contributed by atoms with E-state index in [4.69, 9.17) is 14.2 Å². The van der Waals surface area contributed by atoms with E-state index < -0.39 is 6.10 Å². The third-order valence-corrected chi connectivity index (χ3v) is 4.67. The van der Waals surface area contributed by atoms with E-state index in [2.05, 4.69) is 10.4 Å². The van der Waals surface area contributed by atoms with Gasteiger partial charge in [-0.25, -0.2) is 4.68 Å². The maximum absolute atomic E-state index is 12.2. The summed E-state index contributed by atoms with van der Waals surface area (Å²) in [6, 6.07) is 6.82. The van der Waals surface area contributed by atoms with Crippen molar-refractivity contribution in [2.24, 2.45) is 0 Å². The number of aromatic nitrogens is 2. The number of nitrogens with one attached hydrogen (secondary N) is 1. The first-order valence-electron chi connectivity index (χ1n) is 9.04. The Hall–Kier alpha value is -3.03. The molecule has 4 rings (SSSR count). The SMILES string of the molecule is C[C@@H](Oc1ccc2c(c1)OCO2)C(=O)NCCn1nc2c(cc1=O)CCC2. The summed E-state index contributed by atoms with van der Waals surface area (Å²) in [4.78, 5) is 24.3. The number of benzene rings is 1. The van der Waals surface area contributed by atoms with Crippen molar-refractivity contribution in [2.45, 2.75) is 38.8 Å². The molecule has 0 bridgehead atoms. The van der Waals surface area contributed by atoms with Gasteiger partial charge in [-0.05, 0) is 43.9 Å². The van der Waals surface area contributed by atoms with Gasteiger partial charge in [-0.15, -0.1) is 0 Å². The van der Waals surface area contributed by atoms with Gasteiger partial charge < -0.3 is 19.5 Å². The molecular weight excluding hydrogens is 350 g/mol. The van der Waals surface area contributed by atoms with Gasteiger partial charge in [-0.3, -0.25) is 9.59 Å². The summed E-state index contributed by atoms with van der Waals surface area (Å²) in [5, 5.41) is 7.17. The minimum Gasteiger partial charge on any atom is -0.481 e. The summed E-state index contributed by atoms with van der Waals surface area (Å²) in [5.74, 6) is 1.52. The number of rotatable bonds is 6. The minimum absolute atomic E-state index is 0.130. The van der Waals surface area contributed by atoms with E-state index in [1.54, 1.807) is 31.2 Å². The van der Waals surface area contributed by atoms with Gasteiger partial charge in [-0.1, -0.05) is 0 Å². The molecule has 1 aliphatic heterocycles. The maximum Gasteiger partial charge on any atom is 0.267 e. The molecule has 2 aromatic rings. The van der Waals surface area contributed by atoms with Gasteiger partial charge in [0.15, 0.2) is 17.6 Å². The van der Waals surface area contributed by atoms with Crippen LogP contribution in [0, 0.1) is 0 Å². The second-order valence-electron chi connectivity index (χ2n) is 6.60. The van der Waals surface area contributed by atoms with Crippen molar-refractivity contribution in [1.82, 2.24) is 15.1 Å². The van der Waals surface area contributed by atoms with Crippen molar-refractivity contribution < 1.29 is 19.0 Å². The lowest BCUT2D eigenvalue weighted by Crippen LogP contribution is -2.39. The second kappa shape index (κ2) is 7.30. The smallest absolute Gasteiger partial charge is 0.267 e. The Labute approximate surface area is 156 Å². The predicted octanol–water partition coefficient (Wildman–Crippen LogP) is 1.04. The van der Waals surface area contributed by atoms with Crippen LogP contribution >= 0.6 is 0 Å². The number of hydrogen-bond acceptors (Lipinski definition) is 6. The zero-order valence-corrected chi connectivity index (χ0v) is 15.1. The Morgan fingerprint density at radius 1 is 1.30 bits per heavy atom. The molecular formula is C19H21N3O5. The van der Waals surface area contributed by atoms with Gasteiger partial charge in [0.05, 0.1) is 12.2 Å². The van der Waals surface area contributed by atoms with Crippen molar-refractivity contribution in [3.05, 3.63) is 45.9 Å². The van der Waals surface area contributed by atoms with Gasteiger partial charge in [0.2, 0.25) is 6.79 Å². The van der Waals surface area contributed by atoms with E-state index in [1.165, 1.54) is 4.68 Å². The molecule has 1 aliphatic carbocycles. The number of carbonyl (C=O) groups is 1. The van der Waals surface area contributed by atoms with Crippen LogP contribution in [0.5, 0.6) is 17.2 Å². The molecule has 2 aliphatic rings. The highest BCUT2D eigenvalue weighted by Crippen LogP contribution is 2.35. The second-order valence-corrected chi connectivity index (χ2v) is 6.60. The van der Waals surface area contributed by atoms with Crippen molar-refractivity contribution in [3.8, 4) is 17.2 Å². The summed E-state index contributed by atoms with van der Waals surface area (Å²) >= 11 is 0. The van der Waals surface area contributed by atoms with Crippen LogP contribution in [0.2, 0.25) is 0 Å². The van der Waals surface area contributed by atoms with Gasteiger partial charge in [0.25, 0.3) is 11.5 Å². The Morgan fingerprint density at radius 2 is 2.15 bits per heavy atom. The summed E-state index contributed by atoms with van der Waals surface area (Å²) in [6.07, 6.45) is 2.18. The van der Waals surface area contributed by atoms with Crippen LogP contribution in [0.15, 0.2) is 29.1 Å². The molecule has 27 heavy (non-hydrogen) atoms. The number of carbonyl (C=O) groups excluding carboxylic acids is 1. The lowest BCUT2D eigenvalue weighted by Gasteiger charge is -2.15. The highest BCUT2D eigenvalue weighted by atomic mass is 16.7. The lowest BCUT2D eigenvalue weighted by atomic mass is 10.2. The fourth-order valence-corrected chi connectivity index (χ4v) is 3.24. The van der Waals surface area contributed by atoms with E-state index >= 15 is 0 Å². The average Bonchev–Trinajstić information content (AvgIpc) is 3.29. The lowest BCUT2D eigenvalue weighted by molar-refractivity contribution is -0.127. The van der Waals surface area contributed by atoms with Crippen LogP contribution in [0.1, 0.15) is 24.6 Å². The molecule has 0 radical (unpaired) electrons. The first kappa shape index (κ1) is 17.4. The molecule has 1 aromatic carbocycles. The summed E-state index contributed by atoms with van der Waals surface area (Å²) < 4.78 is 17.6. The number of nitrogens with zero attached hydrogens (tertiary/aromatic N) is 2. The summed E-state index contributed by atoms with van der Waals surface area (Å²) in [7, 11) is 0. The fraction of sp³-hybridized carbons (Fsp3) is 0.421. The Kier molecular flexibility index (Phi) is 4.70. The third-order valence-electron chi connectivity index (χ3n) is 4.67. The van der Waals surface area contributed by atoms with E-state index in [1.807, 2.05) is 0 Å². The number of amides is 1. The molecule has 1 N–H and O–H groups in total. The first-order valence-corrected chi connectivity index (χ1v) is 9.04. The van der Waals surface area contributed by atoms with Gasteiger partial charge >= 0.3 is 0 Å². The molecule has 1 amide bonds. The van der Waals surface area contributed by atoms with Crippen molar-refractivity contribution in [1.29, 1.82) is 0 Å². The molecule has 8 heteroatoms. The fourth-order valence-electron chi connectivity index (χ4n) is 3.24. The maximum atomic E-state index is 12.2. The van der Waals surface area contributed by atoms with Gasteiger partial charge in [0, 0.05) is 18.7 Å². The molecule has 0 fully saturated rings. The van der Waals surface area contributed by atoms with Crippen LogP contribution in [0.25, 0.3) is 0 Å². The molecule has 8 nitrogen and oxygen atoms in total. The topological polar surface area (TPSA) is 91.7 Å². The van der Waals surface area contributed by atoms with E-state index in [9.17, 15) is 9.59 Å². The molecule has 1 atom stereocenters.